The van der Waals surface area contributed by atoms with Crippen molar-refractivity contribution in [2.75, 3.05) is 11.9 Å². The maximum atomic E-state index is 13.9. The summed E-state index contributed by atoms with van der Waals surface area (Å²) in [6.45, 7) is 13.4. The molecule has 1 saturated carbocycles. The number of aromatic amines is 1. The molecular formula is C40H65N5O4Si. The minimum atomic E-state index is -1.76. The van der Waals surface area contributed by atoms with E-state index in [2.05, 4.69) is 47.4 Å². The number of carbonyl (C=O) groups excluding carboxylic acids is 3. The number of anilines is 1. The number of hydrogen-bond donors (Lipinski definition) is 3. The normalized spacial score (nSPS) is 16.7. The van der Waals surface area contributed by atoms with Gasteiger partial charge in [-0.15, -0.1) is 0 Å². The molecule has 9 nitrogen and oxygen atoms in total. The van der Waals surface area contributed by atoms with E-state index in [4.69, 9.17) is 4.74 Å². The van der Waals surface area contributed by atoms with Gasteiger partial charge in [-0.3, -0.25) is 14.7 Å². The number of nitrogens with zero attached hydrogens (tertiary/aromatic N) is 2. The second-order valence-corrected chi connectivity index (χ2v) is 21.8. The number of esters is 1. The molecule has 1 aliphatic heterocycles. The number of aromatic nitrogens is 2. The van der Waals surface area contributed by atoms with E-state index in [9.17, 15) is 14.4 Å². The van der Waals surface area contributed by atoms with E-state index in [0.717, 1.165) is 55.3 Å². The fraction of sp³-hybridized carbons (Fsp3) is 0.700. The average molecular weight is 708 g/mol. The number of nitrogens with one attached hydrogen (secondary N) is 3. The van der Waals surface area contributed by atoms with Crippen molar-refractivity contribution in [3.05, 3.63) is 47.2 Å². The fourth-order valence-corrected chi connectivity index (χ4v) is 10.3. The number of hydrogen-bond acceptors (Lipinski definition) is 5. The van der Waals surface area contributed by atoms with Gasteiger partial charge in [-0.2, -0.15) is 5.10 Å². The zero-order valence-electron chi connectivity index (χ0n) is 31.9. The molecule has 3 N–H and O–H groups in total. The summed E-state index contributed by atoms with van der Waals surface area (Å²) in [5.74, 6) is 0.344. The van der Waals surface area contributed by atoms with Crippen LogP contribution in [-0.4, -0.2) is 47.7 Å². The molecule has 0 saturated heterocycles. The minimum absolute atomic E-state index is 0.0580. The molecule has 2 aliphatic rings. The van der Waals surface area contributed by atoms with Gasteiger partial charge in [0.15, 0.2) is 5.82 Å². The molecule has 1 atom stereocenters. The molecule has 1 aromatic carbocycles. The fourth-order valence-electron chi connectivity index (χ4n) is 7.69. The second kappa shape index (κ2) is 18.4. The summed E-state index contributed by atoms with van der Waals surface area (Å²) in [6, 6.07) is 8.88. The van der Waals surface area contributed by atoms with Crippen LogP contribution in [0, 0.1) is 0 Å². The molecule has 0 radical (unpaired) electrons. The molecule has 278 valence electrons. The van der Waals surface area contributed by atoms with Crippen molar-refractivity contribution >= 4 is 31.8 Å². The molecule has 10 heteroatoms. The van der Waals surface area contributed by atoms with E-state index in [-0.39, 0.29) is 29.6 Å². The van der Waals surface area contributed by atoms with Crippen LogP contribution in [0.5, 0.6) is 0 Å². The van der Waals surface area contributed by atoms with E-state index in [1.165, 1.54) is 64.2 Å². The lowest BCUT2D eigenvalue weighted by Gasteiger charge is -2.48. The molecule has 3 amide bonds. The lowest BCUT2D eigenvalue weighted by Crippen LogP contribution is -2.52. The third-order valence-electron chi connectivity index (χ3n) is 11.4. The summed E-state index contributed by atoms with van der Waals surface area (Å²) in [5, 5.41) is 13.6. The number of H-pyrrole nitrogens is 1. The molecule has 50 heavy (non-hydrogen) atoms. The van der Waals surface area contributed by atoms with Crippen molar-refractivity contribution in [2.45, 2.75) is 173 Å². The Hall–Kier alpha value is -3.14. The summed E-state index contributed by atoms with van der Waals surface area (Å²) in [6.07, 6.45) is 19.7. The quantitative estimate of drug-likeness (QED) is 0.0678. The maximum absolute atomic E-state index is 13.9. The summed E-state index contributed by atoms with van der Waals surface area (Å²) >= 11 is 0. The van der Waals surface area contributed by atoms with Crippen molar-refractivity contribution < 1.29 is 19.1 Å². The van der Waals surface area contributed by atoms with Crippen LogP contribution in [0.3, 0.4) is 0 Å². The molecule has 2 aromatic rings. The second-order valence-electron chi connectivity index (χ2n) is 16.3. The van der Waals surface area contributed by atoms with Gasteiger partial charge in [-0.1, -0.05) is 140 Å². The van der Waals surface area contributed by atoms with E-state index >= 15 is 0 Å². The van der Waals surface area contributed by atoms with E-state index < -0.39 is 19.7 Å². The molecule has 1 unspecified atom stereocenters. The van der Waals surface area contributed by atoms with Crippen molar-refractivity contribution in [2.24, 2.45) is 0 Å². The van der Waals surface area contributed by atoms with Crippen molar-refractivity contribution in [1.29, 1.82) is 0 Å². The van der Waals surface area contributed by atoms with Gasteiger partial charge in [0, 0.05) is 17.0 Å². The summed E-state index contributed by atoms with van der Waals surface area (Å²) < 4.78 is 5.73. The first kappa shape index (κ1) is 39.6. The zero-order chi connectivity index (χ0) is 36.2. The van der Waals surface area contributed by atoms with Gasteiger partial charge in [-0.25, -0.2) is 4.79 Å². The van der Waals surface area contributed by atoms with Gasteiger partial charge in [0.1, 0.15) is 6.61 Å². The van der Waals surface area contributed by atoms with Gasteiger partial charge in [0.05, 0.1) is 31.9 Å². The molecular weight excluding hydrogens is 643 g/mol. The highest BCUT2D eigenvalue weighted by Gasteiger charge is 2.54. The number of urea groups is 1. The molecule has 1 aromatic heterocycles. The first-order valence-corrected chi connectivity index (χ1v) is 23.1. The zero-order valence-corrected chi connectivity index (χ0v) is 32.9. The van der Waals surface area contributed by atoms with E-state index in [1.807, 2.05) is 44.2 Å². The average Bonchev–Trinajstić information content (AvgIpc) is 3.57. The highest BCUT2D eigenvalue weighted by molar-refractivity contribution is 6.83. The highest BCUT2D eigenvalue weighted by Crippen LogP contribution is 2.56. The van der Waals surface area contributed by atoms with Crippen LogP contribution in [0.1, 0.15) is 153 Å². The highest BCUT2D eigenvalue weighted by atomic mass is 28.3. The molecule has 1 aliphatic carbocycles. The number of benzene rings is 1. The minimum Gasteiger partial charge on any atom is -0.463 e. The summed E-state index contributed by atoms with van der Waals surface area (Å²) in [7, 11) is -1.76. The van der Waals surface area contributed by atoms with Crippen LogP contribution in [0.4, 0.5) is 10.6 Å². The van der Waals surface area contributed by atoms with Crippen LogP contribution < -0.4 is 10.6 Å². The van der Waals surface area contributed by atoms with Crippen molar-refractivity contribution in [3.8, 4) is 0 Å². The van der Waals surface area contributed by atoms with Crippen molar-refractivity contribution in [1.82, 2.24) is 20.4 Å². The van der Waals surface area contributed by atoms with Crippen molar-refractivity contribution in [3.63, 3.8) is 0 Å². The Labute approximate surface area is 302 Å². The maximum Gasteiger partial charge on any atom is 0.319 e. The van der Waals surface area contributed by atoms with Gasteiger partial charge >= 0.3 is 12.0 Å². The standard InChI is InChI=1S/C40H65N5O4Si/c1-7-8-9-10-11-12-13-14-15-16-17-18-22-26-34(46)49-30-33(31-24-20-19-21-25-31)41-38(48)45-29-32-35(39(45,2)3)43-44-36(32)42-37(47)40(27-23-28-40)50(4,5)6/h19-21,24-25,33H,7-18,22-23,26-30H2,1-6H3,(H,41,48)(H2,42,43,44,47). The van der Waals surface area contributed by atoms with Crippen LogP contribution in [0.25, 0.3) is 0 Å². The Bertz CT molecular complexity index is 1380. The lowest BCUT2D eigenvalue weighted by molar-refractivity contribution is -0.144. The van der Waals surface area contributed by atoms with Crippen LogP contribution in [-0.2, 0) is 26.4 Å². The van der Waals surface area contributed by atoms with E-state index in [0.29, 0.717) is 18.8 Å². The third kappa shape index (κ3) is 10.0. The SMILES string of the molecule is CCCCCCCCCCCCCCCC(=O)OCC(NC(=O)N1Cc2c(NC(=O)C3([Si](C)(C)C)CCC3)n[nH]c2C1(C)C)c1ccccc1. The van der Waals surface area contributed by atoms with Gasteiger partial charge in [0.2, 0.25) is 5.91 Å². The monoisotopic (exact) mass is 707 g/mol. The summed E-state index contributed by atoms with van der Waals surface area (Å²) in [5.41, 5.74) is 1.84. The number of amides is 3. The Morgan fingerprint density at radius 3 is 2.02 bits per heavy atom. The van der Waals surface area contributed by atoms with Gasteiger partial charge in [0.25, 0.3) is 0 Å². The number of fused-ring (bicyclic) bond motifs is 1. The molecule has 0 bridgehead atoms. The first-order valence-electron chi connectivity index (χ1n) is 19.6. The van der Waals surface area contributed by atoms with E-state index in [1.54, 1.807) is 4.90 Å². The predicted octanol–water partition coefficient (Wildman–Crippen LogP) is 10.1. The number of ether oxygens (including phenoxy) is 1. The number of rotatable bonds is 21. The molecule has 0 spiro atoms. The molecule has 2 heterocycles. The summed E-state index contributed by atoms with van der Waals surface area (Å²) in [4.78, 5) is 42.0. The van der Waals surface area contributed by atoms with Crippen LogP contribution in [0.2, 0.25) is 24.7 Å². The number of unbranched alkanes of at least 4 members (excludes halogenated alkanes) is 12. The van der Waals surface area contributed by atoms with Gasteiger partial charge in [-0.05, 0) is 38.7 Å². The van der Waals surface area contributed by atoms with Gasteiger partial charge < -0.3 is 20.3 Å². The topological polar surface area (TPSA) is 116 Å². The number of carbonyl (C=O) groups is 3. The molecule has 4 rings (SSSR count). The Morgan fingerprint density at radius 2 is 1.48 bits per heavy atom. The third-order valence-corrected chi connectivity index (χ3v) is 15.0. The van der Waals surface area contributed by atoms with Crippen LogP contribution >= 0.6 is 0 Å². The predicted molar refractivity (Wildman–Crippen MR) is 205 cm³/mol. The first-order chi connectivity index (χ1) is 23.9. The Kier molecular flexibility index (Phi) is 14.6. The lowest BCUT2D eigenvalue weighted by atomic mass is 9.83. The Morgan fingerprint density at radius 1 is 0.900 bits per heavy atom. The molecule has 1 fully saturated rings. The smallest absolute Gasteiger partial charge is 0.319 e. The largest absolute Gasteiger partial charge is 0.463 e. The van der Waals surface area contributed by atoms with Crippen LogP contribution in [0.15, 0.2) is 30.3 Å². The Balaban J connectivity index is 1.24.